The van der Waals surface area contributed by atoms with E-state index < -0.39 is 41.4 Å². The summed E-state index contributed by atoms with van der Waals surface area (Å²) in [6.45, 7) is 9.90. The number of hydrogen-bond acceptors (Lipinski definition) is 10. The molecule has 10 nitrogen and oxygen atoms in total. The van der Waals surface area contributed by atoms with Crippen LogP contribution in [0.2, 0.25) is 0 Å². The molecule has 1 rings (SSSR count). The number of rotatable bonds is 10. The fourth-order valence-corrected chi connectivity index (χ4v) is 2.99. The first kappa shape index (κ1) is 26.2. The molecule has 1 heterocycles. The van der Waals surface area contributed by atoms with Crippen molar-refractivity contribution in [3.63, 3.8) is 0 Å². The van der Waals surface area contributed by atoms with Gasteiger partial charge in [0.1, 0.15) is 6.04 Å². The summed E-state index contributed by atoms with van der Waals surface area (Å²) in [5.74, 6) is -1.60. The molecule has 172 valence electrons. The van der Waals surface area contributed by atoms with Crippen molar-refractivity contribution in [2.75, 3.05) is 52.0 Å². The highest BCUT2D eigenvalue weighted by molar-refractivity contribution is 8.13. The summed E-state index contributed by atoms with van der Waals surface area (Å²) in [4.78, 5) is 49.2. The van der Waals surface area contributed by atoms with Crippen LogP contribution in [0.5, 0.6) is 0 Å². The quantitative estimate of drug-likeness (QED) is 0.296. The number of carbonyl (C=O) groups excluding carboxylic acids is 4. The van der Waals surface area contributed by atoms with E-state index in [-0.39, 0.29) is 12.4 Å². The lowest BCUT2D eigenvalue weighted by atomic mass is 9.98. The standard InChI is InChI=1S/C19H32N2O8S/c1-14(22)20-15(12-30-18(25)29-13-28-17(24)19(2,3)4)16(23)27-9-5-6-21-7-10-26-11-8-21/h15H,5-13H2,1-4H3,(H,20,22)/t15-/m0/s1. The molecule has 0 aromatic heterocycles. The van der Waals surface area contributed by atoms with Gasteiger partial charge in [-0.25, -0.2) is 9.59 Å². The Morgan fingerprint density at radius 3 is 2.37 bits per heavy atom. The van der Waals surface area contributed by atoms with Gasteiger partial charge in [-0.1, -0.05) is 0 Å². The predicted molar refractivity (Wildman–Crippen MR) is 110 cm³/mol. The number of morpholine rings is 1. The van der Waals surface area contributed by atoms with Crippen molar-refractivity contribution in [2.45, 2.75) is 40.2 Å². The van der Waals surface area contributed by atoms with Crippen LogP contribution in [0.4, 0.5) is 4.79 Å². The molecule has 0 aromatic rings. The van der Waals surface area contributed by atoms with E-state index in [1.54, 1.807) is 20.8 Å². The molecule has 1 aliphatic heterocycles. The molecule has 0 radical (unpaired) electrons. The number of thioether (sulfide) groups is 1. The lowest BCUT2D eigenvalue weighted by Gasteiger charge is -2.26. The molecule has 1 N–H and O–H groups in total. The maximum absolute atomic E-state index is 12.3. The Labute approximate surface area is 181 Å². The predicted octanol–water partition coefficient (Wildman–Crippen LogP) is 1.17. The average Bonchev–Trinajstić information content (AvgIpc) is 2.68. The van der Waals surface area contributed by atoms with E-state index in [9.17, 15) is 19.2 Å². The highest BCUT2D eigenvalue weighted by Crippen LogP contribution is 2.15. The summed E-state index contributed by atoms with van der Waals surface area (Å²) in [5, 5.41) is 1.74. The minimum absolute atomic E-state index is 0.0616. The van der Waals surface area contributed by atoms with E-state index in [0.29, 0.717) is 31.4 Å². The molecule has 0 unspecified atom stereocenters. The van der Waals surface area contributed by atoms with Gasteiger partial charge in [0, 0.05) is 32.3 Å². The summed E-state index contributed by atoms with van der Waals surface area (Å²) >= 11 is 0.686. The lowest BCUT2D eigenvalue weighted by molar-refractivity contribution is -0.160. The van der Waals surface area contributed by atoms with Gasteiger partial charge in [-0.05, 0) is 39.0 Å². The molecule has 1 saturated heterocycles. The van der Waals surface area contributed by atoms with Crippen molar-refractivity contribution in [3.8, 4) is 0 Å². The van der Waals surface area contributed by atoms with Crippen LogP contribution in [0.3, 0.4) is 0 Å². The zero-order valence-corrected chi connectivity index (χ0v) is 18.9. The van der Waals surface area contributed by atoms with Gasteiger partial charge < -0.3 is 24.3 Å². The first-order chi connectivity index (χ1) is 14.1. The Morgan fingerprint density at radius 2 is 1.77 bits per heavy atom. The van der Waals surface area contributed by atoms with Crippen LogP contribution in [-0.2, 0) is 33.3 Å². The zero-order valence-electron chi connectivity index (χ0n) is 18.1. The van der Waals surface area contributed by atoms with Gasteiger partial charge in [0.15, 0.2) is 0 Å². The molecule has 1 fully saturated rings. The number of nitrogens with one attached hydrogen (secondary N) is 1. The summed E-state index contributed by atoms with van der Waals surface area (Å²) in [7, 11) is 0. The van der Waals surface area contributed by atoms with Crippen LogP contribution in [0, 0.1) is 5.41 Å². The van der Waals surface area contributed by atoms with E-state index in [2.05, 4.69) is 10.2 Å². The van der Waals surface area contributed by atoms with Gasteiger partial charge in [0.2, 0.25) is 12.7 Å². The number of esters is 2. The third-order valence-electron chi connectivity index (χ3n) is 3.98. The smallest absolute Gasteiger partial charge is 0.370 e. The van der Waals surface area contributed by atoms with Crippen molar-refractivity contribution in [2.24, 2.45) is 5.41 Å². The Morgan fingerprint density at radius 1 is 1.10 bits per heavy atom. The normalized spacial score (nSPS) is 15.7. The summed E-state index contributed by atoms with van der Waals surface area (Å²) in [6.07, 6.45) is 0.660. The molecule has 1 atom stereocenters. The monoisotopic (exact) mass is 448 g/mol. The number of amides is 1. The van der Waals surface area contributed by atoms with Gasteiger partial charge >= 0.3 is 17.2 Å². The van der Waals surface area contributed by atoms with Crippen molar-refractivity contribution >= 4 is 34.9 Å². The van der Waals surface area contributed by atoms with E-state index in [0.717, 1.165) is 19.6 Å². The van der Waals surface area contributed by atoms with Gasteiger partial charge in [-0.2, -0.15) is 0 Å². The van der Waals surface area contributed by atoms with Crippen LogP contribution < -0.4 is 5.32 Å². The minimum atomic E-state index is -0.986. The zero-order chi connectivity index (χ0) is 22.6. The maximum atomic E-state index is 12.3. The van der Waals surface area contributed by atoms with Crippen molar-refractivity contribution in [1.29, 1.82) is 0 Å². The maximum Gasteiger partial charge on any atom is 0.370 e. The third-order valence-corrected chi connectivity index (χ3v) is 4.83. The highest BCUT2D eigenvalue weighted by atomic mass is 32.2. The summed E-state index contributed by atoms with van der Waals surface area (Å²) in [5.41, 5.74) is -0.707. The second-order valence-electron chi connectivity index (χ2n) is 7.73. The van der Waals surface area contributed by atoms with E-state index in [1.807, 2.05) is 0 Å². The molecule has 30 heavy (non-hydrogen) atoms. The number of carbonyl (C=O) groups is 4. The van der Waals surface area contributed by atoms with Crippen molar-refractivity contribution < 1.29 is 38.1 Å². The van der Waals surface area contributed by atoms with Gasteiger partial charge in [0.05, 0.1) is 25.2 Å². The van der Waals surface area contributed by atoms with Crippen molar-refractivity contribution in [1.82, 2.24) is 10.2 Å². The number of hydrogen-bond donors (Lipinski definition) is 1. The van der Waals surface area contributed by atoms with Gasteiger partial charge in [0.25, 0.3) is 0 Å². The molecule has 0 saturated carbocycles. The lowest BCUT2D eigenvalue weighted by Crippen LogP contribution is -2.43. The number of nitrogens with zero attached hydrogens (tertiary/aromatic N) is 1. The van der Waals surface area contributed by atoms with Gasteiger partial charge in [-0.3, -0.25) is 14.5 Å². The van der Waals surface area contributed by atoms with Crippen LogP contribution in [0.25, 0.3) is 0 Å². The molecular weight excluding hydrogens is 416 g/mol. The van der Waals surface area contributed by atoms with Crippen LogP contribution in [-0.4, -0.2) is 86.1 Å². The van der Waals surface area contributed by atoms with Gasteiger partial charge in [-0.15, -0.1) is 0 Å². The Bertz CT molecular complexity index is 588. The molecular formula is C19H32N2O8S. The molecule has 0 aromatic carbocycles. The first-order valence-corrected chi connectivity index (χ1v) is 10.8. The summed E-state index contributed by atoms with van der Waals surface area (Å²) < 4.78 is 20.2. The Balaban J connectivity index is 2.31. The topological polar surface area (TPSA) is 120 Å². The second kappa shape index (κ2) is 13.5. The summed E-state index contributed by atoms with van der Waals surface area (Å²) in [6, 6.07) is -0.986. The Hall–Kier alpha value is -1.85. The molecule has 0 aliphatic carbocycles. The molecule has 0 spiro atoms. The fourth-order valence-electron chi connectivity index (χ4n) is 2.34. The van der Waals surface area contributed by atoms with E-state index in [4.69, 9.17) is 18.9 Å². The average molecular weight is 449 g/mol. The second-order valence-corrected chi connectivity index (χ2v) is 8.69. The molecule has 1 aliphatic rings. The first-order valence-electron chi connectivity index (χ1n) is 9.80. The third kappa shape index (κ3) is 11.4. The largest absolute Gasteiger partial charge is 0.464 e. The van der Waals surface area contributed by atoms with Crippen LogP contribution >= 0.6 is 11.8 Å². The molecule has 11 heteroatoms. The van der Waals surface area contributed by atoms with Crippen LogP contribution in [0.1, 0.15) is 34.1 Å². The van der Waals surface area contributed by atoms with E-state index >= 15 is 0 Å². The molecule has 0 bridgehead atoms. The minimum Gasteiger partial charge on any atom is -0.464 e. The molecule has 1 amide bonds. The Kier molecular flexibility index (Phi) is 11.7. The van der Waals surface area contributed by atoms with E-state index in [1.165, 1.54) is 6.92 Å². The SMILES string of the molecule is CC(=O)N[C@@H](CSC(=O)OCOC(=O)C(C)(C)C)C(=O)OCCCN1CCOCC1. The fraction of sp³-hybridized carbons (Fsp3) is 0.789. The van der Waals surface area contributed by atoms with Crippen LogP contribution in [0.15, 0.2) is 0 Å². The highest BCUT2D eigenvalue weighted by Gasteiger charge is 2.25. The van der Waals surface area contributed by atoms with Crippen molar-refractivity contribution in [3.05, 3.63) is 0 Å². The number of ether oxygens (including phenoxy) is 4.